The lowest BCUT2D eigenvalue weighted by molar-refractivity contribution is 0.169. The Labute approximate surface area is 82.6 Å². The number of nitrogens with zero attached hydrogens (tertiary/aromatic N) is 2. The van der Waals surface area contributed by atoms with Crippen molar-refractivity contribution in [3.63, 3.8) is 0 Å². The third-order valence-corrected chi connectivity index (χ3v) is 2.41. The summed E-state index contributed by atoms with van der Waals surface area (Å²) in [5.41, 5.74) is 5.50. The van der Waals surface area contributed by atoms with Crippen LogP contribution in [0.25, 0.3) is 0 Å². The second kappa shape index (κ2) is 3.33. The number of aromatic nitrogens is 2. The lowest BCUT2D eigenvalue weighted by atomic mass is 10.0. The Hall–Kier alpha value is -0.940. The zero-order chi connectivity index (χ0) is 10.2. The Kier molecular flexibility index (Phi) is 2.28. The van der Waals surface area contributed by atoms with Gasteiger partial charge in [0.1, 0.15) is 5.54 Å². The predicted octanol–water partition coefficient (Wildman–Crippen LogP) is 0.767. The van der Waals surface area contributed by atoms with E-state index in [-0.39, 0.29) is 5.92 Å². The molecule has 0 aliphatic carbocycles. The van der Waals surface area contributed by atoms with Crippen LogP contribution in [-0.4, -0.2) is 23.4 Å². The van der Waals surface area contributed by atoms with Gasteiger partial charge in [-0.25, -0.2) is 0 Å². The molecule has 78 valence electrons. The quantitative estimate of drug-likeness (QED) is 0.757. The summed E-state index contributed by atoms with van der Waals surface area (Å²) in [7, 11) is 0. The molecule has 0 spiro atoms. The highest BCUT2D eigenvalue weighted by atomic mass is 16.5. The maximum absolute atomic E-state index is 6.07. The molecule has 1 unspecified atom stereocenters. The second-order valence-corrected chi connectivity index (χ2v) is 4.06. The van der Waals surface area contributed by atoms with Gasteiger partial charge >= 0.3 is 0 Å². The van der Waals surface area contributed by atoms with Crippen molar-refractivity contribution in [2.45, 2.75) is 31.7 Å². The van der Waals surface area contributed by atoms with Crippen molar-refractivity contribution in [1.29, 1.82) is 0 Å². The Bertz CT molecular complexity index is 316. The summed E-state index contributed by atoms with van der Waals surface area (Å²) in [5.74, 6) is 1.37. The molecule has 0 bridgehead atoms. The first-order valence-electron chi connectivity index (χ1n) is 4.82. The van der Waals surface area contributed by atoms with Gasteiger partial charge in [-0.15, -0.1) is 10.2 Å². The van der Waals surface area contributed by atoms with Gasteiger partial charge in [0.25, 0.3) is 0 Å². The highest BCUT2D eigenvalue weighted by Gasteiger charge is 2.37. The third kappa shape index (κ3) is 1.53. The molecule has 14 heavy (non-hydrogen) atoms. The first kappa shape index (κ1) is 9.61. The summed E-state index contributed by atoms with van der Waals surface area (Å²) in [6, 6.07) is 0. The molecule has 2 N–H and O–H groups in total. The van der Waals surface area contributed by atoms with E-state index in [1.807, 2.05) is 13.8 Å². The highest BCUT2D eigenvalue weighted by molar-refractivity contribution is 5.03. The molecule has 2 rings (SSSR count). The van der Waals surface area contributed by atoms with Gasteiger partial charge in [0.2, 0.25) is 11.8 Å². The van der Waals surface area contributed by atoms with E-state index >= 15 is 0 Å². The van der Waals surface area contributed by atoms with Crippen LogP contribution in [0, 0.1) is 0 Å². The molecule has 1 saturated heterocycles. The van der Waals surface area contributed by atoms with Crippen molar-refractivity contribution in [1.82, 2.24) is 10.2 Å². The standard InChI is InChI=1S/C9H15N3O2/c1-6(2)7-11-12-8(14-7)9(10)3-4-13-5-9/h6H,3-5,10H2,1-2H3. The molecule has 0 amide bonds. The van der Waals surface area contributed by atoms with E-state index < -0.39 is 5.54 Å². The smallest absolute Gasteiger partial charge is 0.238 e. The van der Waals surface area contributed by atoms with Gasteiger partial charge in [0, 0.05) is 12.5 Å². The minimum Gasteiger partial charge on any atom is -0.423 e. The van der Waals surface area contributed by atoms with Crippen LogP contribution < -0.4 is 5.73 Å². The van der Waals surface area contributed by atoms with E-state index in [1.54, 1.807) is 0 Å². The number of rotatable bonds is 2. The zero-order valence-electron chi connectivity index (χ0n) is 8.49. The second-order valence-electron chi connectivity index (χ2n) is 4.06. The summed E-state index contributed by atoms with van der Waals surface area (Å²) in [6.45, 7) is 5.14. The molecule has 5 nitrogen and oxygen atoms in total. The number of nitrogens with two attached hydrogens (primary N) is 1. The lowest BCUT2D eigenvalue weighted by Crippen LogP contribution is -2.37. The van der Waals surface area contributed by atoms with E-state index in [1.165, 1.54) is 0 Å². The molecular formula is C9H15N3O2. The molecular weight excluding hydrogens is 182 g/mol. The Morgan fingerprint density at radius 1 is 1.43 bits per heavy atom. The lowest BCUT2D eigenvalue weighted by Gasteiger charge is -2.15. The summed E-state index contributed by atoms with van der Waals surface area (Å²) in [4.78, 5) is 0. The van der Waals surface area contributed by atoms with Crippen LogP contribution in [-0.2, 0) is 10.3 Å². The monoisotopic (exact) mass is 197 g/mol. The molecule has 1 fully saturated rings. The predicted molar refractivity (Wildman–Crippen MR) is 49.7 cm³/mol. The molecule has 1 aliphatic rings. The molecule has 0 radical (unpaired) electrons. The van der Waals surface area contributed by atoms with Gasteiger partial charge in [0.15, 0.2) is 0 Å². The fraction of sp³-hybridized carbons (Fsp3) is 0.778. The maximum Gasteiger partial charge on any atom is 0.238 e. The van der Waals surface area contributed by atoms with Crippen molar-refractivity contribution in [3.05, 3.63) is 11.8 Å². The largest absolute Gasteiger partial charge is 0.423 e. The minimum atomic E-state index is -0.569. The molecule has 1 aromatic heterocycles. The fourth-order valence-electron chi connectivity index (χ4n) is 1.42. The topological polar surface area (TPSA) is 74.2 Å². The molecule has 1 aromatic rings. The van der Waals surface area contributed by atoms with Crippen molar-refractivity contribution in [2.24, 2.45) is 5.73 Å². The van der Waals surface area contributed by atoms with Crippen LogP contribution in [0.3, 0.4) is 0 Å². The van der Waals surface area contributed by atoms with Gasteiger partial charge in [-0.2, -0.15) is 0 Å². The highest BCUT2D eigenvalue weighted by Crippen LogP contribution is 2.27. The van der Waals surface area contributed by atoms with Gasteiger partial charge in [-0.05, 0) is 6.42 Å². The number of ether oxygens (including phenoxy) is 1. The Morgan fingerprint density at radius 2 is 2.21 bits per heavy atom. The van der Waals surface area contributed by atoms with Crippen molar-refractivity contribution < 1.29 is 9.15 Å². The molecule has 5 heteroatoms. The zero-order valence-corrected chi connectivity index (χ0v) is 8.49. The average Bonchev–Trinajstić information content (AvgIpc) is 2.71. The van der Waals surface area contributed by atoms with Crippen molar-refractivity contribution in [2.75, 3.05) is 13.2 Å². The van der Waals surface area contributed by atoms with E-state index in [2.05, 4.69) is 10.2 Å². The molecule has 0 saturated carbocycles. The van der Waals surface area contributed by atoms with Crippen molar-refractivity contribution in [3.8, 4) is 0 Å². The summed E-state index contributed by atoms with van der Waals surface area (Å²) in [5, 5.41) is 7.92. The average molecular weight is 197 g/mol. The van der Waals surface area contributed by atoms with Crippen LogP contribution in [0.15, 0.2) is 4.42 Å². The SMILES string of the molecule is CC(C)c1nnc(C2(N)CCOC2)o1. The summed E-state index contributed by atoms with van der Waals surface area (Å²) >= 11 is 0. The van der Waals surface area contributed by atoms with Gasteiger partial charge in [-0.3, -0.25) is 0 Å². The first-order chi connectivity index (χ1) is 6.62. The van der Waals surface area contributed by atoms with E-state index in [0.717, 1.165) is 6.42 Å². The normalized spacial score (nSPS) is 27.4. The third-order valence-electron chi connectivity index (χ3n) is 2.41. The van der Waals surface area contributed by atoms with Crippen LogP contribution in [0.1, 0.15) is 38.0 Å². The summed E-state index contributed by atoms with van der Waals surface area (Å²) in [6.07, 6.45) is 0.743. The van der Waals surface area contributed by atoms with Crippen LogP contribution in [0.2, 0.25) is 0 Å². The Balaban J connectivity index is 2.23. The minimum absolute atomic E-state index is 0.238. The van der Waals surface area contributed by atoms with Crippen LogP contribution in [0.5, 0.6) is 0 Å². The first-order valence-corrected chi connectivity index (χ1v) is 4.82. The van der Waals surface area contributed by atoms with Gasteiger partial charge in [0.05, 0.1) is 6.61 Å². The molecule has 1 atom stereocenters. The van der Waals surface area contributed by atoms with Crippen LogP contribution in [0.4, 0.5) is 0 Å². The fourth-order valence-corrected chi connectivity index (χ4v) is 1.42. The number of hydrogen-bond acceptors (Lipinski definition) is 5. The number of hydrogen-bond donors (Lipinski definition) is 1. The Morgan fingerprint density at radius 3 is 2.71 bits per heavy atom. The molecule has 2 heterocycles. The van der Waals surface area contributed by atoms with Crippen LogP contribution >= 0.6 is 0 Å². The van der Waals surface area contributed by atoms with Crippen molar-refractivity contribution >= 4 is 0 Å². The molecule has 0 aromatic carbocycles. The molecule has 1 aliphatic heterocycles. The van der Waals surface area contributed by atoms with Gasteiger partial charge < -0.3 is 14.9 Å². The van der Waals surface area contributed by atoms with Gasteiger partial charge in [-0.1, -0.05) is 13.8 Å². The van der Waals surface area contributed by atoms with E-state index in [0.29, 0.717) is 25.0 Å². The summed E-state index contributed by atoms with van der Waals surface area (Å²) < 4.78 is 10.7. The van der Waals surface area contributed by atoms with E-state index in [9.17, 15) is 0 Å². The maximum atomic E-state index is 6.07. The van der Waals surface area contributed by atoms with E-state index in [4.69, 9.17) is 14.9 Å².